The fourth-order valence-electron chi connectivity index (χ4n) is 1.49. The van der Waals surface area contributed by atoms with Crippen molar-refractivity contribution in [2.45, 2.75) is 6.18 Å². The van der Waals surface area contributed by atoms with Crippen molar-refractivity contribution in [2.75, 3.05) is 10.6 Å². The van der Waals surface area contributed by atoms with Crippen LogP contribution in [0.1, 0.15) is 5.56 Å². The number of alkyl halides is 3. The average Bonchev–Trinajstić information content (AvgIpc) is 2.41. The summed E-state index contributed by atoms with van der Waals surface area (Å²) in [6, 6.07) is 3.84. The minimum absolute atomic E-state index is 0.111. The van der Waals surface area contributed by atoms with Crippen molar-refractivity contribution in [1.82, 2.24) is 9.97 Å². The van der Waals surface area contributed by atoms with Crippen molar-refractivity contribution < 1.29 is 18.0 Å². The molecule has 0 fully saturated rings. The van der Waals surface area contributed by atoms with E-state index in [9.17, 15) is 18.0 Å². The molecule has 0 aliphatic carbocycles. The summed E-state index contributed by atoms with van der Waals surface area (Å²) >= 11 is 3.07. The van der Waals surface area contributed by atoms with Crippen molar-refractivity contribution in [3.63, 3.8) is 0 Å². The smallest absolute Gasteiger partial charge is 0.307 e. The van der Waals surface area contributed by atoms with Crippen LogP contribution in [0, 0.1) is 0 Å². The molecular formula is C12H8BrF3N4O. The first-order chi connectivity index (χ1) is 9.86. The molecular weight excluding hydrogens is 353 g/mol. The van der Waals surface area contributed by atoms with E-state index in [1.807, 2.05) is 0 Å². The number of aromatic nitrogens is 2. The maximum Gasteiger partial charge on any atom is 0.418 e. The molecule has 5 nitrogen and oxygen atoms in total. The van der Waals surface area contributed by atoms with Crippen molar-refractivity contribution in [1.29, 1.82) is 0 Å². The zero-order valence-corrected chi connectivity index (χ0v) is 11.9. The van der Waals surface area contributed by atoms with Gasteiger partial charge in [-0.3, -0.25) is 5.32 Å². The maximum atomic E-state index is 12.8. The van der Waals surface area contributed by atoms with E-state index >= 15 is 0 Å². The van der Waals surface area contributed by atoms with E-state index in [2.05, 4.69) is 36.5 Å². The highest BCUT2D eigenvalue weighted by molar-refractivity contribution is 9.10. The number of nitrogens with one attached hydrogen (secondary N) is 2. The SMILES string of the molecule is O=C(Nc1cnc(Br)cn1)Nc1ccccc1C(F)(F)F. The van der Waals surface area contributed by atoms with Crippen LogP contribution in [0.5, 0.6) is 0 Å². The third kappa shape index (κ3) is 4.15. The third-order valence-corrected chi connectivity index (χ3v) is 2.75. The summed E-state index contributed by atoms with van der Waals surface area (Å²) in [4.78, 5) is 19.3. The molecule has 0 saturated carbocycles. The van der Waals surface area contributed by atoms with Gasteiger partial charge >= 0.3 is 12.2 Å². The lowest BCUT2D eigenvalue weighted by Crippen LogP contribution is -2.22. The summed E-state index contributed by atoms with van der Waals surface area (Å²) in [7, 11) is 0. The van der Waals surface area contributed by atoms with Gasteiger partial charge in [0.2, 0.25) is 0 Å². The van der Waals surface area contributed by atoms with Crippen LogP contribution in [-0.4, -0.2) is 16.0 Å². The van der Waals surface area contributed by atoms with E-state index in [0.717, 1.165) is 12.1 Å². The summed E-state index contributed by atoms with van der Waals surface area (Å²) in [6.07, 6.45) is -1.94. The number of hydrogen-bond acceptors (Lipinski definition) is 3. The number of anilines is 2. The fraction of sp³-hybridized carbons (Fsp3) is 0.0833. The van der Waals surface area contributed by atoms with Crippen LogP contribution < -0.4 is 10.6 Å². The van der Waals surface area contributed by atoms with Gasteiger partial charge in [0.15, 0.2) is 5.82 Å². The van der Waals surface area contributed by atoms with E-state index in [1.165, 1.54) is 24.5 Å². The highest BCUT2D eigenvalue weighted by Crippen LogP contribution is 2.34. The molecule has 2 aromatic rings. The Hall–Kier alpha value is -2.16. The molecule has 1 heterocycles. The zero-order valence-electron chi connectivity index (χ0n) is 10.3. The molecule has 0 aliphatic heterocycles. The summed E-state index contributed by atoms with van der Waals surface area (Å²) in [6.45, 7) is 0. The average molecular weight is 361 g/mol. The van der Waals surface area contributed by atoms with Crippen LogP contribution in [-0.2, 0) is 6.18 Å². The van der Waals surface area contributed by atoms with Gasteiger partial charge in [-0.25, -0.2) is 14.8 Å². The first-order valence-corrected chi connectivity index (χ1v) is 6.37. The molecule has 0 radical (unpaired) electrons. The highest BCUT2D eigenvalue weighted by atomic mass is 79.9. The maximum absolute atomic E-state index is 12.8. The van der Waals surface area contributed by atoms with Gasteiger partial charge in [-0.15, -0.1) is 0 Å². The minimum atomic E-state index is -4.55. The Kier molecular flexibility index (Phi) is 4.41. The molecule has 0 unspecified atom stereocenters. The number of amides is 2. The number of halogens is 4. The van der Waals surface area contributed by atoms with Gasteiger partial charge in [0.25, 0.3) is 0 Å². The first kappa shape index (κ1) is 15.2. The van der Waals surface area contributed by atoms with Crippen molar-refractivity contribution in [3.8, 4) is 0 Å². The van der Waals surface area contributed by atoms with E-state index < -0.39 is 17.8 Å². The Morgan fingerprint density at radius 3 is 2.43 bits per heavy atom. The topological polar surface area (TPSA) is 66.9 Å². The lowest BCUT2D eigenvalue weighted by Gasteiger charge is -2.13. The molecule has 0 bridgehead atoms. The van der Waals surface area contributed by atoms with E-state index in [1.54, 1.807) is 0 Å². The van der Waals surface area contributed by atoms with Gasteiger partial charge < -0.3 is 5.32 Å². The van der Waals surface area contributed by atoms with Crippen LogP contribution in [0.3, 0.4) is 0 Å². The van der Waals surface area contributed by atoms with Gasteiger partial charge in [0.05, 0.1) is 23.6 Å². The molecule has 0 aliphatic rings. The molecule has 1 aromatic heterocycles. The normalized spacial score (nSPS) is 11.0. The molecule has 0 spiro atoms. The largest absolute Gasteiger partial charge is 0.418 e. The number of rotatable bonds is 2. The number of nitrogens with zero attached hydrogens (tertiary/aromatic N) is 2. The Bertz CT molecular complexity index is 646. The molecule has 2 rings (SSSR count). The molecule has 21 heavy (non-hydrogen) atoms. The molecule has 0 atom stereocenters. The van der Waals surface area contributed by atoms with Crippen molar-refractivity contribution in [3.05, 3.63) is 46.8 Å². The van der Waals surface area contributed by atoms with Gasteiger partial charge in [-0.05, 0) is 28.1 Å². The number of benzene rings is 1. The third-order valence-electron chi connectivity index (χ3n) is 2.34. The Labute approximate surface area is 125 Å². The number of carbonyl (C=O) groups is 1. The molecule has 9 heteroatoms. The summed E-state index contributed by atoms with van der Waals surface area (Å²) < 4.78 is 38.8. The Balaban J connectivity index is 2.11. The van der Waals surface area contributed by atoms with Gasteiger partial charge in [0, 0.05) is 0 Å². The summed E-state index contributed by atoms with van der Waals surface area (Å²) in [5, 5.41) is 4.42. The van der Waals surface area contributed by atoms with Gasteiger partial charge in [-0.1, -0.05) is 12.1 Å². The van der Waals surface area contributed by atoms with Crippen LogP contribution in [0.2, 0.25) is 0 Å². The Morgan fingerprint density at radius 1 is 1.10 bits per heavy atom. The molecule has 2 amide bonds. The molecule has 110 valence electrons. The second-order valence-electron chi connectivity index (χ2n) is 3.85. The number of urea groups is 1. The van der Waals surface area contributed by atoms with Crippen LogP contribution in [0.4, 0.5) is 29.5 Å². The van der Waals surface area contributed by atoms with Crippen LogP contribution in [0.25, 0.3) is 0 Å². The number of para-hydroxylation sites is 1. The molecule has 2 N–H and O–H groups in total. The molecule has 0 saturated heterocycles. The lowest BCUT2D eigenvalue weighted by molar-refractivity contribution is -0.136. The zero-order chi connectivity index (χ0) is 15.5. The van der Waals surface area contributed by atoms with E-state index in [4.69, 9.17) is 0 Å². The lowest BCUT2D eigenvalue weighted by atomic mass is 10.1. The minimum Gasteiger partial charge on any atom is -0.307 e. The molecule has 1 aromatic carbocycles. The Morgan fingerprint density at radius 2 is 1.81 bits per heavy atom. The second kappa shape index (κ2) is 6.08. The monoisotopic (exact) mass is 360 g/mol. The number of hydrogen-bond donors (Lipinski definition) is 2. The van der Waals surface area contributed by atoms with Crippen molar-refractivity contribution >= 4 is 33.5 Å². The van der Waals surface area contributed by atoms with E-state index in [0.29, 0.717) is 4.60 Å². The first-order valence-electron chi connectivity index (χ1n) is 5.58. The van der Waals surface area contributed by atoms with Crippen molar-refractivity contribution in [2.24, 2.45) is 0 Å². The predicted octanol–water partition coefficient (Wildman–Crippen LogP) is 3.90. The summed E-state index contributed by atoms with van der Waals surface area (Å²) in [5.74, 6) is 0.111. The quantitative estimate of drug-likeness (QED) is 0.853. The summed E-state index contributed by atoms with van der Waals surface area (Å²) in [5.41, 5.74) is -1.27. The van der Waals surface area contributed by atoms with Gasteiger partial charge in [-0.2, -0.15) is 13.2 Å². The standard InChI is InChI=1S/C12H8BrF3N4O/c13-9-5-18-10(6-17-9)20-11(21)19-8-4-2-1-3-7(8)12(14,15)16/h1-6H,(H2,18,19,20,21). The fourth-order valence-corrected chi connectivity index (χ4v) is 1.69. The second-order valence-corrected chi connectivity index (χ2v) is 4.66. The van der Waals surface area contributed by atoms with Crippen LogP contribution >= 0.6 is 15.9 Å². The highest BCUT2D eigenvalue weighted by Gasteiger charge is 2.33. The van der Waals surface area contributed by atoms with Gasteiger partial charge in [0.1, 0.15) is 4.60 Å². The predicted molar refractivity (Wildman–Crippen MR) is 73.8 cm³/mol. The van der Waals surface area contributed by atoms with Crippen LogP contribution in [0.15, 0.2) is 41.3 Å². The van der Waals surface area contributed by atoms with E-state index in [-0.39, 0.29) is 11.5 Å². The number of carbonyl (C=O) groups excluding carboxylic acids is 1.